The Kier molecular flexibility index (Phi) is 7.85. The molecule has 0 aliphatic carbocycles. The topological polar surface area (TPSA) is 129 Å². The van der Waals surface area contributed by atoms with Crippen LogP contribution >= 0.6 is 0 Å². The van der Waals surface area contributed by atoms with Crippen LogP contribution in [0.15, 0.2) is 42.5 Å². The summed E-state index contributed by atoms with van der Waals surface area (Å²) in [6, 6.07) is 13.0. The molecule has 1 saturated heterocycles. The number of phenolic OH excluding ortho intramolecular Hbond substituents is 1. The molecule has 6 atom stereocenters. The molecule has 4 bridgehead atoms. The van der Waals surface area contributed by atoms with Crippen molar-refractivity contribution < 1.29 is 39.7 Å². The van der Waals surface area contributed by atoms with E-state index >= 15 is 0 Å². The fourth-order valence-electron chi connectivity index (χ4n) is 4.33. The predicted octanol–water partition coefficient (Wildman–Crippen LogP) is 2.03. The van der Waals surface area contributed by atoms with E-state index in [1.165, 1.54) is 0 Å². The number of benzene rings is 2. The van der Waals surface area contributed by atoms with E-state index < -0.39 is 37.3 Å². The maximum absolute atomic E-state index is 10.4. The van der Waals surface area contributed by atoms with Crippen LogP contribution in [-0.2, 0) is 22.3 Å². The summed E-state index contributed by atoms with van der Waals surface area (Å²) in [6.45, 7) is -0.488. The van der Waals surface area contributed by atoms with Gasteiger partial charge in [0.15, 0.2) is 17.8 Å². The molecule has 0 saturated carbocycles. The standard InChI is InChI=1S/C25H32O8/c26-14-21-22(28)23(29)24(30)25(33-21)32-17-4-2-1-3-16-8-12-19(27)20(13-16)31-18-10-6-15(5-9-17)7-11-18/h6-8,10-13,17,21-30H,1-5,9,14H2/t17-,21-,22-,23+,24-,25-/m0/s1. The van der Waals surface area contributed by atoms with Crippen molar-refractivity contribution in [1.29, 1.82) is 0 Å². The largest absolute Gasteiger partial charge is 0.504 e. The average molecular weight is 461 g/mol. The molecule has 8 nitrogen and oxygen atoms in total. The van der Waals surface area contributed by atoms with E-state index in [1.807, 2.05) is 36.4 Å². The van der Waals surface area contributed by atoms with Crippen LogP contribution in [0.4, 0.5) is 0 Å². The third-order valence-electron chi connectivity index (χ3n) is 6.35. The number of aliphatic hydroxyl groups is 4. The molecule has 5 rings (SSSR count). The van der Waals surface area contributed by atoms with Gasteiger partial charge < -0.3 is 39.7 Å². The minimum absolute atomic E-state index is 0.0973. The van der Waals surface area contributed by atoms with Crippen LogP contribution in [0.25, 0.3) is 0 Å². The van der Waals surface area contributed by atoms with E-state index in [4.69, 9.17) is 14.2 Å². The summed E-state index contributed by atoms with van der Waals surface area (Å²) in [5.41, 5.74) is 2.14. The molecule has 5 N–H and O–H groups in total. The Morgan fingerprint density at radius 3 is 2.36 bits per heavy atom. The van der Waals surface area contributed by atoms with Crippen molar-refractivity contribution in [2.75, 3.05) is 6.61 Å². The van der Waals surface area contributed by atoms with Crippen LogP contribution in [0.2, 0.25) is 0 Å². The third-order valence-corrected chi connectivity index (χ3v) is 6.35. The summed E-state index contributed by atoms with van der Waals surface area (Å²) in [5.74, 6) is 1.16. The minimum Gasteiger partial charge on any atom is -0.504 e. The Morgan fingerprint density at radius 1 is 0.848 bits per heavy atom. The zero-order valence-corrected chi connectivity index (χ0v) is 18.4. The van der Waals surface area contributed by atoms with E-state index in [9.17, 15) is 25.5 Å². The number of fused-ring (bicyclic) bond motifs is 8. The Balaban J connectivity index is 1.49. The number of aliphatic hydroxyl groups excluding tert-OH is 4. The van der Waals surface area contributed by atoms with Crippen molar-refractivity contribution in [2.45, 2.75) is 75.3 Å². The maximum atomic E-state index is 10.4. The molecule has 8 heteroatoms. The molecule has 3 aliphatic rings. The molecule has 0 amide bonds. The van der Waals surface area contributed by atoms with Gasteiger partial charge in [-0.3, -0.25) is 0 Å². The second-order valence-electron chi connectivity index (χ2n) is 8.79. The minimum atomic E-state index is -1.46. The van der Waals surface area contributed by atoms with Crippen molar-refractivity contribution >= 4 is 0 Å². The summed E-state index contributed by atoms with van der Waals surface area (Å²) in [4.78, 5) is 0. The first-order valence-corrected chi connectivity index (χ1v) is 11.5. The number of aromatic hydroxyl groups is 1. The predicted molar refractivity (Wildman–Crippen MR) is 119 cm³/mol. The second-order valence-corrected chi connectivity index (χ2v) is 8.79. The number of aryl methyl sites for hydroxylation is 2. The molecular formula is C25H32O8. The quantitative estimate of drug-likeness (QED) is 0.471. The van der Waals surface area contributed by atoms with E-state index in [-0.39, 0.29) is 11.9 Å². The maximum Gasteiger partial charge on any atom is 0.186 e. The molecule has 3 aliphatic heterocycles. The normalized spacial score (nSPS) is 30.8. The highest BCUT2D eigenvalue weighted by Gasteiger charge is 2.44. The first-order chi connectivity index (χ1) is 15.9. The molecule has 2 aromatic carbocycles. The van der Waals surface area contributed by atoms with Gasteiger partial charge >= 0.3 is 0 Å². The molecule has 0 unspecified atom stereocenters. The lowest BCUT2D eigenvalue weighted by Crippen LogP contribution is -2.59. The lowest BCUT2D eigenvalue weighted by Gasteiger charge is -2.41. The summed E-state index contributed by atoms with van der Waals surface area (Å²) in [5, 5.41) is 50.0. The van der Waals surface area contributed by atoms with E-state index in [0.717, 1.165) is 36.8 Å². The zero-order chi connectivity index (χ0) is 23.4. The molecule has 33 heavy (non-hydrogen) atoms. The highest BCUT2D eigenvalue weighted by atomic mass is 16.7. The number of ether oxygens (including phenoxy) is 3. The van der Waals surface area contributed by atoms with Crippen molar-refractivity contribution in [3.63, 3.8) is 0 Å². The van der Waals surface area contributed by atoms with Gasteiger partial charge in [0, 0.05) is 0 Å². The average Bonchev–Trinajstić information content (AvgIpc) is 2.83. The van der Waals surface area contributed by atoms with Gasteiger partial charge in [-0.2, -0.15) is 0 Å². The third kappa shape index (κ3) is 5.84. The van der Waals surface area contributed by atoms with Crippen LogP contribution in [-0.4, -0.2) is 68.9 Å². The molecule has 180 valence electrons. The Hall–Kier alpha value is -2.20. The Morgan fingerprint density at radius 2 is 1.61 bits per heavy atom. The summed E-state index contributed by atoms with van der Waals surface area (Å²) in [6.07, 6.45) is -1.99. The lowest BCUT2D eigenvalue weighted by molar-refractivity contribution is -0.312. The van der Waals surface area contributed by atoms with Gasteiger partial charge in [0.1, 0.15) is 30.2 Å². The number of phenols is 1. The monoisotopic (exact) mass is 460 g/mol. The van der Waals surface area contributed by atoms with Crippen LogP contribution in [0.1, 0.15) is 36.8 Å². The SMILES string of the molecule is OC[C@@H]1O[C@H](O[C@H]2CCCCc3ccc(O)c(c3)Oc3ccc(cc3)CC2)[C@@H](O)[C@H](O)[C@H]1O. The molecule has 3 heterocycles. The van der Waals surface area contributed by atoms with Gasteiger partial charge in [-0.15, -0.1) is 0 Å². The van der Waals surface area contributed by atoms with Crippen LogP contribution < -0.4 is 4.74 Å². The van der Waals surface area contributed by atoms with E-state index in [0.29, 0.717) is 24.3 Å². The number of rotatable bonds is 3. The molecule has 2 aromatic rings. The van der Waals surface area contributed by atoms with Gasteiger partial charge in [-0.25, -0.2) is 0 Å². The molecule has 0 radical (unpaired) electrons. The molecule has 1 fully saturated rings. The summed E-state index contributed by atoms with van der Waals surface area (Å²) < 4.78 is 17.5. The highest BCUT2D eigenvalue weighted by Crippen LogP contribution is 2.33. The fourth-order valence-corrected chi connectivity index (χ4v) is 4.33. The van der Waals surface area contributed by atoms with Crippen molar-refractivity contribution in [3.8, 4) is 17.2 Å². The van der Waals surface area contributed by atoms with Gasteiger partial charge in [0.25, 0.3) is 0 Å². The van der Waals surface area contributed by atoms with E-state index in [2.05, 4.69) is 0 Å². The van der Waals surface area contributed by atoms with Crippen molar-refractivity contribution in [2.24, 2.45) is 0 Å². The van der Waals surface area contributed by atoms with Gasteiger partial charge in [0.05, 0.1) is 12.7 Å². The first-order valence-electron chi connectivity index (χ1n) is 11.5. The molecule has 0 aromatic heterocycles. The van der Waals surface area contributed by atoms with Gasteiger partial charge in [-0.1, -0.05) is 24.6 Å². The summed E-state index contributed by atoms with van der Waals surface area (Å²) >= 11 is 0. The summed E-state index contributed by atoms with van der Waals surface area (Å²) in [7, 11) is 0. The van der Waals surface area contributed by atoms with Crippen LogP contribution in [0.5, 0.6) is 17.2 Å². The van der Waals surface area contributed by atoms with E-state index in [1.54, 1.807) is 6.07 Å². The Labute approximate surface area is 193 Å². The first kappa shape index (κ1) is 23.9. The molecular weight excluding hydrogens is 428 g/mol. The molecule has 0 spiro atoms. The van der Waals surface area contributed by atoms with Crippen molar-refractivity contribution in [3.05, 3.63) is 53.6 Å². The van der Waals surface area contributed by atoms with Crippen LogP contribution in [0.3, 0.4) is 0 Å². The van der Waals surface area contributed by atoms with Gasteiger partial charge in [0.2, 0.25) is 0 Å². The van der Waals surface area contributed by atoms with Crippen molar-refractivity contribution in [1.82, 2.24) is 0 Å². The number of hydrogen-bond donors (Lipinski definition) is 5. The van der Waals surface area contributed by atoms with Gasteiger partial charge in [-0.05, 0) is 67.5 Å². The van der Waals surface area contributed by atoms with Crippen LogP contribution in [0, 0.1) is 0 Å². The second kappa shape index (κ2) is 10.8. The fraction of sp³-hybridized carbons (Fsp3) is 0.520. The highest BCUT2D eigenvalue weighted by molar-refractivity contribution is 5.45. The lowest BCUT2D eigenvalue weighted by atomic mass is 9.98. The smallest absolute Gasteiger partial charge is 0.186 e. The number of hydrogen-bond acceptors (Lipinski definition) is 8. The Bertz CT molecular complexity index is 900. The zero-order valence-electron chi connectivity index (χ0n) is 18.4.